The smallest absolute Gasteiger partial charge is 0.281 e. The van der Waals surface area contributed by atoms with Crippen LogP contribution in [0.2, 0.25) is 0 Å². The SMILES string of the molecule is CN(C)S(=O)(=O)N1CCc2nc(-c3ccccc3)[nH]c2C1. The Morgan fingerprint density at radius 3 is 2.62 bits per heavy atom. The van der Waals surface area contributed by atoms with Crippen molar-refractivity contribution in [3.05, 3.63) is 41.7 Å². The van der Waals surface area contributed by atoms with Crippen LogP contribution in [0.4, 0.5) is 0 Å². The molecule has 1 N–H and O–H groups in total. The number of fused-ring (bicyclic) bond motifs is 1. The van der Waals surface area contributed by atoms with Crippen LogP contribution in [0.15, 0.2) is 30.3 Å². The number of nitrogens with zero attached hydrogens (tertiary/aromatic N) is 3. The van der Waals surface area contributed by atoms with Crippen LogP contribution >= 0.6 is 0 Å². The molecule has 0 fully saturated rings. The first-order valence-corrected chi connectivity index (χ1v) is 8.19. The molecule has 0 amide bonds. The summed E-state index contributed by atoms with van der Waals surface area (Å²) in [6.07, 6.45) is 0.631. The van der Waals surface area contributed by atoms with Crippen molar-refractivity contribution in [3.8, 4) is 11.4 Å². The number of aromatic nitrogens is 2. The van der Waals surface area contributed by atoms with Gasteiger partial charge in [-0.15, -0.1) is 0 Å². The maximum absolute atomic E-state index is 12.2. The molecule has 3 rings (SSSR count). The van der Waals surface area contributed by atoms with Gasteiger partial charge in [0.2, 0.25) is 0 Å². The zero-order valence-corrected chi connectivity index (χ0v) is 12.9. The summed E-state index contributed by atoms with van der Waals surface area (Å²) < 4.78 is 27.1. The minimum absolute atomic E-state index is 0.343. The van der Waals surface area contributed by atoms with Crippen molar-refractivity contribution in [2.24, 2.45) is 0 Å². The zero-order valence-electron chi connectivity index (χ0n) is 12.1. The molecule has 0 saturated heterocycles. The van der Waals surface area contributed by atoms with E-state index in [1.165, 1.54) is 8.61 Å². The van der Waals surface area contributed by atoms with Gasteiger partial charge in [0.25, 0.3) is 10.2 Å². The predicted molar refractivity (Wildman–Crippen MR) is 80.7 cm³/mol. The standard InChI is InChI=1S/C14H18N4O2S/c1-17(2)21(19,20)18-9-8-12-13(10-18)16-14(15-12)11-6-4-3-5-7-11/h3-7H,8-10H2,1-2H3,(H,15,16). The Labute approximate surface area is 124 Å². The molecule has 6 nitrogen and oxygen atoms in total. The van der Waals surface area contributed by atoms with E-state index in [1.807, 2.05) is 30.3 Å². The van der Waals surface area contributed by atoms with Gasteiger partial charge in [-0.1, -0.05) is 30.3 Å². The second-order valence-corrected chi connectivity index (χ2v) is 7.39. The number of imidazole rings is 1. The van der Waals surface area contributed by atoms with E-state index in [1.54, 1.807) is 14.1 Å². The highest BCUT2D eigenvalue weighted by atomic mass is 32.2. The maximum atomic E-state index is 12.2. The fraction of sp³-hybridized carbons (Fsp3) is 0.357. The topological polar surface area (TPSA) is 69.3 Å². The molecule has 0 radical (unpaired) electrons. The average Bonchev–Trinajstić information content (AvgIpc) is 2.91. The highest BCUT2D eigenvalue weighted by Crippen LogP contribution is 2.24. The highest BCUT2D eigenvalue weighted by molar-refractivity contribution is 7.86. The van der Waals surface area contributed by atoms with Crippen LogP contribution in [0.3, 0.4) is 0 Å². The summed E-state index contributed by atoms with van der Waals surface area (Å²) in [7, 11) is -0.282. The third-order valence-electron chi connectivity index (χ3n) is 3.63. The van der Waals surface area contributed by atoms with E-state index >= 15 is 0 Å². The van der Waals surface area contributed by atoms with Crippen molar-refractivity contribution < 1.29 is 8.42 Å². The van der Waals surface area contributed by atoms with E-state index in [2.05, 4.69) is 9.97 Å². The Balaban J connectivity index is 1.90. The Kier molecular flexibility index (Phi) is 3.56. The minimum atomic E-state index is -3.38. The van der Waals surface area contributed by atoms with Crippen LogP contribution in [0.25, 0.3) is 11.4 Å². The van der Waals surface area contributed by atoms with E-state index in [4.69, 9.17) is 0 Å². The van der Waals surface area contributed by atoms with Crippen molar-refractivity contribution in [2.45, 2.75) is 13.0 Å². The van der Waals surface area contributed by atoms with Gasteiger partial charge in [0.05, 0.1) is 17.9 Å². The maximum Gasteiger partial charge on any atom is 0.281 e. The van der Waals surface area contributed by atoms with Crippen molar-refractivity contribution >= 4 is 10.2 Å². The van der Waals surface area contributed by atoms with Crippen molar-refractivity contribution in [2.75, 3.05) is 20.6 Å². The number of hydrogen-bond acceptors (Lipinski definition) is 3. The molecule has 1 aromatic carbocycles. The second kappa shape index (κ2) is 5.25. The Bertz CT molecular complexity index is 738. The number of benzene rings is 1. The van der Waals surface area contributed by atoms with Gasteiger partial charge in [0.15, 0.2) is 0 Å². The van der Waals surface area contributed by atoms with Crippen LogP contribution in [0.1, 0.15) is 11.4 Å². The summed E-state index contributed by atoms with van der Waals surface area (Å²) in [6, 6.07) is 9.84. The first-order valence-electron chi connectivity index (χ1n) is 6.79. The molecule has 1 aliphatic heterocycles. The van der Waals surface area contributed by atoms with E-state index < -0.39 is 10.2 Å². The molecular weight excluding hydrogens is 288 g/mol. The predicted octanol–water partition coefficient (Wildman–Crippen LogP) is 1.24. The summed E-state index contributed by atoms with van der Waals surface area (Å²) in [6.45, 7) is 0.808. The molecule has 2 heterocycles. The summed E-state index contributed by atoms with van der Waals surface area (Å²) in [5.41, 5.74) is 2.85. The fourth-order valence-corrected chi connectivity index (χ4v) is 3.51. The molecule has 112 valence electrons. The van der Waals surface area contributed by atoms with Crippen LogP contribution in [-0.2, 0) is 23.2 Å². The molecule has 0 atom stereocenters. The Morgan fingerprint density at radius 1 is 1.24 bits per heavy atom. The van der Waals surface area contributed by atoms with Crippen molar-refractivity contribution in [1.82, 2.24) is 18.6 Å². The average molecular weight is 306 g/mol. The van der Waals surface area contributed by atoms with Gasteiger partial charge in [0.1, 0.15) is 5.82 Å². The van der Waals surface area contributed by atoms with Gasteiger partial charge >= 0.3 is 0 Å². The van der Waals surface area contributed by atoms with Gasteiger partial charge < -0.3 is 4.98 Å². The molecule has 0 aliphatic carbocycles. The van der Waals surface area contributed by atoms with Gasteiger partial charge in [-0.3, -0.25) is 0 Å². The fourth-order valence-electron chi connectivity index (χ4n) is 2.43. The summed E-state index contributed by atoms with van der Waals surface area (Å²) in [5.74, 6) is 0.796. The molecule has 0 spiro atoms. The lowest BCUT2D eigenvalue weighted by Crippen LogP contribution is -2.42. The number of H-pyrrole nitrogens is 1. The molecule has 0 bridgehead atoms. The molecule has 0 unspecified atom stereocenters. The van der Waals surface area contributed by atoms with Gasteiger partial charge in [0, 0.05) is 32.6 Å². The monoisotopic (exact) mass is 306 g/mol. The molecule has 2 aromatic rings. The van der Waals surface area contributed by atoms with E-state index in [0.717, 1.165) is 22.8 Å². The quantitative estimate of drug-likeness (QED) is 0.927. The van der Waals surface area contributed by atoms with Gasteiger partial charge in [-0.05, 0) is 0 Å². The van der Waals surface area contributed by atoms with Gasteiger partial charge in [-0.2, -0.15) is 17.0 Å². The lowest BCUT2D eigenvalue weighted by Gasteiger charge is -2.27. The first kappa shape index (κ1) is 14.2. The summed E-state index contributed by atoms with van der Waals surface area (Å²) in [4.78, 5) is 7.85. The Morgan fingerprint density at radius 2 is 1.95 bits per heavy atom. The van der Waals surface area contributed by atoms with Crippen LogP contribution in [0.5, 0.6) is 0 Å². The molecule has 7 heteroatoms. The normalized spacial score (nSPS) is 16.1. The first-order chi connectivity index (χ1) is 9.98. The summed E-state index contributed by atoms with van der Waals surface area (Å²) in [5, 5.41) is 0. The molecule has 1 aromatic heterocycles. The minimum Gasteiger partial charge on any atom is -0.341 e. The summed E-state index contributed by atoms with van der Waals surface area (Å²) >= 11 is 0. The number of nitrogens with one attached hydrogen (secondary N) is 1. The van der Waals surface area contributed by atoms with E-state index in [-0.39, 0.29) is 0 Å². The molecule has 0 saturated carbocycles. The third kappa shape index (κ3) is 2.59. The molecule has 21 heavy (non-hydrogen) atoms. The van der Waals surface area contributed by atoms with Crippen LogP contribution < -0.4 is 0 Å². The molecule has 1 aliphatic rings. The van der Waals surface area contributed by atoms with Gasteiger partial charge in [-0.25, -0.2) is 4.98 Å². The van der Waals surface area contributed by atoms with Crippen molar-refractivity contribution in [3.63, 3.8) is 0 Å². The number of rotatable bonds is 3. The lowest BCUT2D eigenvalue weighted by molar-refractivity contribution is 0.354. The van der Waals surface area contributed by atoms with Crippen LogP contribution in [0, 0.1) is 0 Å². The highest BCUT2D eigenvalue weighted by Gasteiger charge is 2.30. The lowest BCUT2D eigenvalue weighted by atomic mass is 10.2. The Hall–Kier alpha value is -1.70. The molecular formula is C14H18N4O2S. The largest absolute Gasteiger partial charge is 0.341 e. The zero-order chi connectivity index (χ0) is 15.0. The third-order valence-corrected chi connectivity index (χ3v) is 5.52. The van der Waals surface area contributed by atoms with E-state index in [9.17, 15) is 8.42 Å². The van der Waals surface area contributed by atoms with E-state index in [0.29, 0.717) is 19.5 Å². The number of aromatic amines is 1. The number of hydrogen-bond donors (Lipinski definition) is 1. The second-order valence-electron chi connectivity index (χ2n) is 5.25. The van der Waals surface area contributed by atoms with Crippen molar-refractivity contribution in [1.29, 1.82) is 0 Å². The van der Waals surface area contributed by atoms with Crippen LogP contribution in [-0.4, -0.2) is 47.6 Å².